The SMILES string of the molecule is C[C@@H](O)C(N=[N-])C(=O)OC[C@H](N)C(=O)O. The largest absolute Gasteiger partial charge is 0.711 e. The number of aliphatic hydroxyl groups is 1. The number of hydrogen-bond acceptors (Lipinski definition) is 6. The van der Waals surface area contributed by atoms with Gasteiger partial charge in [-0.05, 0) is 6.92 Å². The van der Waals surface area contributed by atoms with E-state index in [1.807, 2.05) is 0 Å². The smallest absolute Gasteiger partial charge is 0.331 e. The van der Waals surface area contributed by atoms with Crippen LogP contribution in [0.4, 0.5) is 0 Å². The number of nitrogens with two attached hydrogens (primary N) is 1. The van der Waals surface area contributed by atoms with E-state index in [-0.39, 0.29) is 0 Å². The van der Waals surface area contributed by atoms with Gasteiger partial charge in [0.2, 0.25) is 0 Å². The average Bonchev–Trinajstić information content (AvgIpc) is 2.14. The van der Waals surface area contributed by atoms with Gasteiger partial charge >= 0.3 is 11.9 Å². The third-order valence-electron chi connectivity index (χ3n) is 1.55. The van der Waals surface area contributed by atoms with Crippen molar-refractivity contribution in [3.8, 4) is 0 Å². The number of rotatable bonds is 6. The van der Waals surface area contributed by atoms with Gasteiger partial charge in [-0.2, -0.15) is 0 Å². The van der Waals surface area contributed by atoms with Crippen molar-refractivity contribution in [3.63, 3.8) is 0 Å². The van der Waals surface area contributed by atoms with Gasteiger partial charge in [-0.3, -0.25) is 4.79 Å². The Balaban J connectivity index is 4.13. The minimum Gasteiger partial charge on any atom is -0.711 e. The first-order chi connectivity index (χ1) is 6.90. The van der Waals surface area contributed by atoms with Crippen LogP contribution in [-0.4, -0.2) is 46.9 Å². The van der Waals surface area contributed by atoms with Crippen LogP contribution < -0.4 is 5.73 Å². The molecule has 1 unspecified atom stereocenters. The van der Waals surface area contributed by atoms with Crippen LogP contribution in [0.5, 0.6) is 0 Å². The van der Waals surface area contributed by atoms with Crippen molar-refractivity contribution in [2.24, 2.45) is 10.8 Å². The second kappa shape index (κ2) is 6.04. The molecule has 86 valence electrons. The fourth-order valence-electron chi connectivity index (χ4n) is 0.669. The third-order valence-corrected chi connectivity index (χ3v) is 1.55. The molecule has 0 rings (SSSR count). The number of carbonyl (C=O) groups is 2. The highest BCUT2D eigenvalue weighted by atomic mass is 16.5. The fourth-order valence-corrected chi connectivity index (χ4v) is 0.669. The maximum atomic E-state index is 11.1. The molecule has 0 bridgehead atoms. The Kier molecular flexibility index (Phi) is 5.42. The molecule has 0 saturated carbocycles. The first-order valence-corrected chi connectivity index (χ1v) is 4.07. The second-order valence-corrected chi connectivity index (χ2v) is 2.88. The normalized spacial score (nSPS) is 16.2. The van der Waals surface area contributed by atoms with E-state index in [1.165, 1.54) is 6.92 Å². The summed E-state index contributed by atoms with van der Waals surface area (Å²) in [5.41, 5.74) is 13.4. The van der Waals surface area contributed by atoms with Crippen LogP contribution in [0.15, 0.2) is 5.11 Å². The number of carboxylic acids is 1. The Morgan fingerprint density at radius 1 is 1.60 bits per heavy atom. The Hall–Kier alpha value is -1.54. The van der Waals surface area contributed by atoms with Crippen LogP contribution >= 0.6 is 0 Å². The molecule has 0 fully saturated rings. The van der Waals surface area contributed by atoms with Crippen LogP contribution in [-0.2, 0) is 14.3 Å². The van der Waals surface area contributed by atoms with Gasteiger partial charge in [0.1, 0.15) is 12.6 Å². The van der Waals surface area contributed by atoms with Crippen molar-refractivity contribution in [2.75, 3.05) is 6.61 Å². The highest BCUT2D eigenvalue weighted by Crippen LogP contribution is 2.01. The number of carboxylic acid groups (broad SMARTS) is 1. The first kappa shape index (κ1) is 13.5. The maximum absolute atomic E-state index is 11.1. The van der Waals surface area contributed by atoms with Gasteiger partial charge in [-0.1, -0.05) is 0 Å². The van der Waals surface area contributed by atoms with Gasteiger partial charge in [0.15, 0.2) is 6.04 Å². The summed E-state index contributed by atoms with van der Waals surface area (Å²) in [5, 5.41) is 19.9. The van der Waals surface area contributed by atoms with E-state index in [4.69, 9.17) is 21.5 Å². The van der Waals surface area contributed by atoms with E-state index in [2.05, 4.69) is 9.85 Å². The number of hydrogen-bond donors (Lipinski definition) is 3. The lowest BCUT2D eigenvalue weighted by Crippen LogP contribution is -2.39. The van der Waals surface area contributed by atoms with Gasteiger partial charge in [0.05, 0.1) is 6.10 Å². The molecule has 8 nitrogen and oxygen atoms in total. The van der Waals surface area contributed by atoms with E-state index in [0.29, 0.717) is 0 Å². The molecule has 0 amide bonds. The number of ether oxygens (including phenoxy) is 1. The molecule has 15 heavy (non-hydrogen) atoms. The third kappa shape index (κ3) is 4.47. The van der Waals surface area contributed by atoms with Crippen molar-refractivity contribution in [1.82, 2.24) is 0 Å². The van der Waals surface area contributed by atoms with Crippen LogP contribution in [0.1, 0.15) is 6.92 Å². The summed E-state index contributed by atoms with van der Waals surface area (Å²) in [6, 6.07) is -2.80. The number of esters is 1. The summed E-state index contributed by atoms with van der Waals surface area (Å²) in [6.07, 6.45) is -1.23. The summed E-state index contributed by atoms with van der Waals surface area (Å²) in [7, 11) is 0. The van der Waals surface area contributed by atoms with Crippen LogP contribution in [0.3, 0.4) is 0 Å². The Morgan fingerprint density at radius 2 is 2.13 bits per heavy atom. The molecule has 0 radical (unpaired) electrons. The summed E-state index contributed by atoms with van der Waals surface area (Å²) in [4.78, 5) is 21.3. The fraction of sp³-hybridized carbons (Fsp3) is 0.714. The van der Waals surface area contributed by atoms with Gasteiger partial charge in [0, 0.05) is 0 Å². The average molecular weight is 218 g/mol. The lowest BCUT2D eigenvalue weighted by Gasteiger charge is -2.17. The van der Waals surface area contributed by atoms with Crippen molar-refractivity contribution in [2.45, 2.75) is 25.1 Å². The van der Waals surface area contributed by atoms with Crippen molar-refractivity contribution in [3.05, 3.63) is 5.53 Å². The van der Waals surface area contributed by atoms with Crippen LogP contribution in [0.2, 0.25) is 0 Å². The molecule has 4 N–H and O–H groups in total. The molecule has 0 heterocycles. The number of aliphatic hydroxyl groups excluding tert-OH is 1. The van der Waals surface area contributed by atoms with Crippen molar-refractivity contribution >= 4 is 11.9 Å². The second-order valence-electron chi connectivity index (χ2n) is 2.88. The molecule has 0 aromatic carbocycles. The molecule has 0 aliphatic heterocycles. The van der Waals surface area contributed by atoms with Gasteiger partial charge < -0.3 is 31.3 Å². The van der Waals surface area contributed by atoms with Gasteiger partial charge in [0.25, 0.3) is 0 Å². The molecule has 3 atom stereocenters. The Bertz CT molecular complexity index is 255. The lowest BCUT2D eigenvalue weighted by molar-refractivity contribution is -0.150. The zero-order chi connectivity index (χ0) is 12.0. The van der Waals surface area contributed by atoms with Gasteiger partial charge in [-0.15, -0.1) is 0 Å². The molecule has 0 aliphatic rings. The summed E-state index contributed by atoms with van der Waals surface area (Å²) < 4.78 is 4.42. The Morgan fingerprint density at radius 3 is 2.47 bits per heavy atom. The highest BCUT2D eigenvalue weighted by Gasteiger charge is 2.23. The van der Waals surface area contributed by atoms with E-state index in [1.54, 1.807) is 0 Å². The van der Waals surface area contributed by atoms with E-state index in [0.717, 1.165) is 0 Å². The zero-order valence-electron chi connectivity index (χ0n) is 8.03. The summed E-state index contributed by atoms with van der Waals surface area (Å²) in [6.45, 7) is 0.676. The standard InChI is InChI=1S/C7H12N3O5/c1-3(11)5(10-9)7(14)15-2-4(8)6(12)13/h3-5,11H,2,8H2,1H3,(H,12,13)/q-1/t3-,4+,5?/m1/s1. The number of aliphatic carboxylic acids is 1. The molecule has 0 aromatic heterocycles. The number of nitrogens with zero attached hydrogens (tertiary/aromatic N) is 2. The van der Waals surface area contributed by atoms with Crippen LogP contribution in [0, 0.1) is 0 Å². The molecule has 0 aliphatic carbocycles. The van der Waals surface area contributed by atoms with E-state index >= 15 is 0 Å². The summed E-state index contributed by atoms with van der Waals surface area (Å²) >= 11 is 0. The van der Waals surface area contributed by atoms with E-state index < -0.39 is 36.7 Å². The lowest BCUT2D eigenvalue weighted by atomic mass is 10.2. The highest BCUT2D eigenvalue weighted by molar-refractivity contribution is 5.78. The van der Waals surface area contributed by atoms with Crippen LogP contribution in [0.25, 0.3) is 5.53 Å². The summed E-state index contributed by atoms with van der Waals surface area (Å²) in [5.74, 6) is -2.36. The molecule has 0 aromatic rings. The molecular formula is C7H12N3O5-. The van der Waals surface area contributed by atoms with Crippen molar-refractivity contribution < 1.29 is 24.5 Å². The minimum absolute atomic E-state index is 0.549. The first-order valence-electron chi connectivity index (χ1n) is 4.07. The monoisotopic (exact) mass is 218 g/mol. The molecule has 0 spiro atoms. The predicted octanol–water partition coefficient (Wildman–Crippen LogP) is -1.29. The molecular weight excluding hydrogens is 206 g/mol. The molecule has 8 heteroatoms. The topological polar surface area (TPSA) is 145 Å². The quantitative estimate of drug-likeness (QED) is 0.373. The van der Waals surface area contributed by atoms with Gasteiger partial charge in [-0.25, -0.2) is 4.79 Å². The zero-order valence-corrected chi connectivity index (χ0v) is 8.03. The maximum Gasteiger partial charge on any atom is 0.331 e. The van der Waals surface area contributed by atoms with Crippen molar-refractivity contribution in [1.29, 1.82) is 0 Å². The predicted molar refractivity (Wildman–Crippen MR) is 47.8 cm³/mol. The Labute approximate surface area is 85.5 Å². The van der Waals surface area contributed by atoms with E-state index in [9.17, 15) is 9.59 Å². The molecule has 0 saturated heterocycles. The minimum atomic E-state index is -1.45. The number of carbonyl (C=O) groups excluding carboxylic acids is 1.